The first-order valence-corrected chi connectivity index (χ1v) is 9.97. The molecule has 1 saturated carbocycles. The van der Waals surface area contributed by atoms with Crippen molar-refractivity contribution in [2.45, 2.75) is 57.7 Å². The molecule has 4 nitrogen and oxygen atoms in total. The van der Waals surface area contributed by atoms with Crippen LogP contribution in [-0.2, 0) is 4.79 Å². The maximum absolute atomic E-state index is 12.5. The van der Waals surface area contributed by atoms with E-state index >= 15 is 0 Å². The summed E-state index contributed by atoms with van der Waals surface area (Å²) in [5.41, 5.74) is 1.18. The van der Waals surface area contributed by atoms with Crippen LogP contribution in [0.1, 0.15) is 51.1 Å². The van der Waals surface area contributed by atoms with Crippen LogP contribution in [0.5, 0.6) is 0 Å². The second-order valence-corrected chi connectivity index (χ2v) is 7.84. The fourth-order valence-electron chi connectivity index (χ4n) is 4.08. The number of hydrogen-bond donors (Lipinski definition) is 1. The minimum absolute atomic E-state index is 0.0432. The summed E-state index contributed by atoms with van der Waals surface area (Å²) in [4.78, 5) is 17.3. The van der Waals surface area contributed by atoms with Gasteiger partial charge in [-0.1, -0.05) is 42.6 Å². The molecule has 1 aromatic rings. The Bertz CT molecular complexity index is 580. The summed E-state index contributed by atoms with van der Waals surface area (Å²) in [7, 11) is 0. The predicted octanol–water partition coefficient (Wildman–Crippen LogP) is 3.47. The quantitative estimate of drug-likeness (QED) is 0.870. The molecule has 2 fully saturated rings. The van der Waals surface area contributed by atoms with Crippen molar-refractivity contribution < 1.29 is 4.79 Å². The van der Waals surface area contributed by atoms with Crippen LogP contribution in [0.25, 0.3) is 0 Å². The van der Waals surface area contributed by atoms with Gasteiger partial charge in [0.15, 0.2) is 0 Å². The van der Waals surface area contributed by atoms with E-state index in [9.17, 15) is 4.79 Å². The molecule has 0 bridgehead atoms. The molecule has 3 rings (SSSR count). The smallest absolute Gasteiger partial charge is 0.237 e. The van der Waals surface area contributed by atoms with Gasteiger partial charge in [-0.15, -0.1) is 0 Å². The molecule has 0 unspecified atom stereocenters. The number of benzene rings is 1. The van der Waals surface area contributed by atoms with Crippen LogP contribution >= 0.6 is 11.6 Å². The highest BCUT2D eigenvalue weighted by Gasteiger charge is 2.29. The van der Waals surface area contributed by atoms with E-state index in [4.69, 9.17) is 11.6 Å². The van der Waals surface area contributed by atoms with E-state index in [0.29, 0.717) is 12.1 Å². The average Bonchev–Trinajstić information content (AvgIpc) is 3.14. The van der Waals surface area contributed by atoms with E-state index in [0.717, 1.165) is 44.0 Å². The summed E-state index contributed by atoms with van der Waals surface area (Å²) in [6, 6.07) is 8.74. The molecule has 1 N–H and O–H groups in total. The van der Waals surface area contributed by atoms with Gasteiger partial charge in [0.05, 0.1) is 6.04 Å². The summed E-state index contributed by atoms with van der Waals surface area (Å²) < 4.78 is 0. The first kappa shape index (κ1) is 18.7. The van der Waals surface area contributed by atoms with E-state index in [2.05, 4.69) is 28.1 Å². The molecule has 0 spiro atoms. The Morgan fingerprint density at radius 1 is 1.08 bits per heavy atom. The zero-order valence-electron chi connectivity index (χ0n) is 15.4. The maximum atomic E-state index is 12.5. The third kappa shape index (κ3) is 4.55. The lowest BCUT2D eigenvalue weighted by atomic mass is 10.1. The Morgan fingerprint density at radius 2 is 1.68 bits per heavy atom. The van der Waals surface area contributed by atoms with Crippen molar-refractivity contribution in [3.8, 4) is 0 Å². The highest BCUT2D eigenvalue weighted by Crippen LogP contribution is 2.28. The second kappa shape index (κ2) is 8.52. The molecule has 1 amide bonds. The molecule has 1 saturated heterocycles. The number of nitrogens with one attached hydrogen (secondary N) is 1. The molecule has 138 valence electrons. The third-order valence-electron chi connectivity index (χ3n) is 5.88. The zero-order valence-corrected chi connectivity index (χ0v) is 16.1. The molecule has 25 heavy (non-hydrogen) atoms. The molecule has 2 aliphatic rings. The number of nitrogens with zero attached hydrogens (tertiary/aromatic N) is 2. The fraction of sp³-hybridized carbons (Fsp3) is 0.650. The summed E-state index contributed by atoms with van der Waals surface area (Å²) >= 11 is 6.35. The number of hydrogen-bond acceptors (Lipinski definition) is 3. The van der Waals surface area contributed by atoms with Crippen molar-refractivity contribution in [2.75, 3.05) is 26.2 Å². The van der Waals surface area contributed by atoms with Gasteiger partial charge < -0.3 is 5.32 Å². The maximum Gasteiger partial charge on any atom is 0.237 e. The molecule has 1 aromatic carbocycles. The normalized spacial score (nSPS) is 22.7. The van der Waals surface area contributed by atoms with Gasteiger partial charge in [-0.25, -0.2) is 0 Å². The first-order valence-electron chi connectivity index (χ1n) is 9.59. The second-order valence-electron chi connectivity index (χ2n) is 7.44. The van der Waals surface area contributed by atoms with Crippen LogP contribution in [0.2, 0.25) is 5.02 Å². The summed E-state index contributed by atoms with van der Waals surface area (Å²) in [6.45, 7) is 8.04. The average molecular weight is 364 g/mol. The van der Waals surface area contributed by atoms with E-state index in [1.165, 1.54) is 18.4 Å². The van der Waals surface area contributed by atoms with E-state index < -0.39 is 0 Å². The van der Waals surface area contributed by atoms with Gasteiger partial charge in [0, 0.05) is 43.3 Å². The molecule has 1 heterocycles. The number of carbonyl (C=O) groups excluding carboxylic acids is 1. The molecule has 2 atom stereocenters. The van der Waals surface area contributed by atoms with Crippen molar-refractivity contribution in [1.82, 2.24) is 15.1 Å². The van der Waals surface area contributed by atoms with Gasteiger partial charge in [0.25, 0.3) is 0 Å². The standard InChI is InChI=1S/C20H30ClN3O/c1-15(18-9-5-6-10-19(18)21)23-11-13-24(14-12-23)16(2)20(25)22-17-7-3-4-8-17/h5-6,9-10,15-17H,3-4,7-8,11-14H2,1-2H3,(H,22,25)/t15-,16+/m0/s1. The molecule has 1 aliphatic heterocycles. The first-order chi connectivity index (χ1) is 12.1. The van der Waals surface area contributed by atoms with Crippen molar-refractivity contribution >= 4 is 17.5 Å². The number of halogens is 1. The van der Waals surface area contributed by atoms with Crippen LogP contribution in [0.3, 0.4) is 0 Å². The molecule has 5 heteroatoms. The third-order valence-corrected chi connectivity index (χ3v) is 6.22. The van der Waals surface area contributed by atoms with Crippen LogP contribution in [0.4, 0.5) is 0 Å². The van der Waals surface area contributed by atoms with Gasteiger partial charge in [-0.2, -0.15) is 0 Å². The molecular formula is C20H30ClN3O. The Morgan fingerprint density at radius 3 is 2.32 bits per heavy atom. The summed E-state index contributed by atoms with van der Waals surface area (Å²) in [5.74, 6) is 0.194. The van der Waals surface area contributed by atoms with Gasteiger partial charge >= 0.3 is 0 Å². The predicted molar refractivity (Wildman–Crippen MR) is 103 cm³/mol. The van der Waals surface area contributed by atoms with Gasteiger partial charge in [0.1, 0.15) is 0 Å². The van der Waals surface area contributed by atoms with E-state index in [1.54, 1.807) is 0 Å². The summed E-state index contributed by atoms with van der Waals surface area (Å²) in [6.07, 6.45) is 4.78. The number of carbonyl (C=O) groups is 1. The monoisotopic (exact) mass is 363 g/mol. The highest BCUT2D eigenvalue weighted by molar-refractivity contribution is 6.31. The van der Waals surface area contributed by atoms with Crippen LogP contribution in [-0.4, -0.2) is 54.0 Å². The molecule has 0 aromatic heterocycles. The molecule has 0 radical (unpaired) electrons. The van der Waals surface area contributed by atoms with Crippen molar-refractivity contribution in [3.63, 3.8) is 0 Å². The van der Waals surface area contributed by atoms with E-state index in [-0.39, 0.29) is 11.9 Å². The Labute approximate surface area is 156 Å². The largest absolute Gasteiger partial charge is 0.352 e. The lowest BCUT2D eigenvalue weighted by Gasteiger charge is -2.40. The van der Waals surface area contributed by atoms with Gasteiger partial charge in [-0.05, 0) is 38.3 Å². The van der Waals surface area contributed by atoms with Gasteiger partial charge in [0.2, 0.25) is 5.91 Å². The Hall–Kier alpha value is -1.10. The number of piperazine rings is 1. The van der Waals surface area contributed by atoms with Crippen LogP contribution in [0.15, 0.2) is 24.3 Å². The van der Waals surface area contributed by atoms with Gasteiger partial charge in [-0.3, -0.25) is 14.6 Å². The topological polar surface area (TPSA) is 35.6 Å². The Balaban J connectivity index is 1.51. The van der Waals surface area contributed by atoms with Crippen molar-refractivity contribution in [1.29, 1.82) is 0 Å². The van der Waals surface area contributed by atoms with Crippen LogP contribution in [0, 0.1) is 0 Å². The summed E-state index contributed by atoms with van der Waals surface area (Å²) in [5, 5.41) is 4.07. The number of amides is 1. The zero-order chi connectivity index (χ0) is 17.8. The minimum atomic E-state index is -0.0432. The lowest BCUT2D eigenvalue weighted by Crippen LogP contribution is -2.55. The Kier molecular flexibility index (Phi) is 6.37. The minimum Gasteiger partial charge on any atom is -0.352 e. The van der Waals surface area contributed by atoms with E-state index in [1.807, 2.05) is 25.1 Å². The highest BCUT2D eigenvalue weighted by atomic mass is 35.5. The van der Waals surface area contributed by atoms with Crippen molar-refractivity contribution in [2.24, 2.45) is 0 Å². The lowest BCUT2D eigenvalue weighted by molar-refractivity contribution is -0.127. The SMILES string of the molecule is C[C@H](C(=O)NC1CCCC1)N1CCN([C@@H](C)c2ccccc2Cl)CC1. The fourth-order valence-corrected chi connectivity index (χ4v) is 4.37. The van der Waals surface area contributed by atoms with Crippen LogP contribution < -0.4 is 5.32 Å². The molecular weight excluding hydrogens is 334 g/mol. The number of rotatable bonds is 5. The molecule has 1 aliphatic carbocycles. The van der Waals surface area contributed by atoms with Crippen molar-refractivity contribution in [3.05, 3.63) is 34.9 Å².